The van der Waals surface area contributed by atoms with Crippen molar-refractivity contribution in [3.8, 4) is 6.07 Å². The molecule has 0 amide bonds. The van der Waals surface area contributed by atoms with E-state index in [0.717, 1.165) is 18.5 Å². The normalized spacial score (nSPS) is 9.78. The van der Waals surface area contributed by atoms with Gasteiger partial charge in [0.25, 0.3) is 0 Å². The fraction of sp³-hybridized carbons (Fsp3) is 0.385. The monoisotopic (exact) mass is 266 g/mol. The molecule has 4 nitrogen and oxygen atoms in total. The molecule has 0 atom stereocenters. The third kappa shape index (κ3) is 5.07. The van der Waals surface area contributed by atoms with Crippen molar-refractivity contribution in [2.24, 2.45) is 0 Å². The van der Waals surface area contributed by atoms with Crippen molar-refractivity contribution in [2.45, 2.75) is 19.3 Å². The Hall–Kier alpha value is -1.73. The molecule has 0 radical (unpaired) electrons. The maximum Gasteiger partial charge on any atom is 0.323 e. The number of unbranched alkanes of at least 4 members (excludes halogenated alkanes) is 2. The van der Waals surface area contributed by atoms with Gasteiger partial charge in [0.1, 0.15) is 6.54 Å². The van der Waals surface area contributed by atoms with Crippen LogP contribution in [0.15, 0.2) is 24.3 Å². The maximum absolute atomic E-state index is 10.8. The summed E-state index contributed by atoms with van der Waals surface area (Å²) in [7, 11) is 0. The zero-order chi connectivity index (χ0) is 13.4. The average Bonchev–Trinajstić information content (AvgIpc) is 2.34. The van der Waals surface area contributed by atoms with Crippen LogP contribution in [0.5, 0.6) is 0 Å². The third-order valence-electron chi connectivity index (χ3n) is 2.48. The van der Waals surface area contributed by atoms with Crippen molar-refractivity contribution in [1.82, 2.24) is 0 Å². The van der Waals surface area contributed by atoms with Gasteiger partial charge in [-0.25, -0.2) is 0 Å². The number of nitriles is 1. The highest BCUT2D eigenvalue weighted by molar-refractivity contribution is 6.30. The van der Waals surface area contributed by atoms with E-state index in [1.54, 1.807) is 29.2 Å². The van der Waals surface area contributed by atoms with Crippen LogP contribution >= 0.6 is 11.6 Å². The summed E-state index contributed by atoms with van der Waals surface area (Å²) in [5, 5.41) is 18.0. The summed E-state index contributed by atoms with van der Waals surface area (Å²) in [5.41, 5.74) is 0.832. The van der Waals surface area contributed by atoms with E-state index in [2.05, 4.69) is 6.07 Å². The Bertz CT molecular complexity index is 426. The lowest BCUT2D eigenvalue weighted by Crippen LogP contribution is -2.30. The molecular formula is C13H15ClN2O2. The number of carboxylic acids is 1. The van der Waals surface area contributed by atoms with Gasteiger partial charge in [0.2, 0.25) is 0 Å². The first-order chi connectivity index (χ1) is 8.63. The van der Waals surface area contributed by atoms with E-state index in [1.165, 1.54) is 0 Å². The molecule has 0 fully saturated rings. The molecule has 0 unspecified atom stereocenters. The highest BCUT2D eigenvalue weighted by Gasteiger charge is 2.10. The summed E-state index contributed by atoms with van der Waals surface area (Å²) in [6.45, 7) is 0.573. The molecule has 18 heavy (non-hydrogen) atoms. The molecule has 0 saturated heterocycles. The smallest absolute Gasteiger partial charge is 0.323 e. The molecule has 96 valence electrons. The fourth-order valence-corrected chi connectivity index (χ4v) is 1.75. The van der Waals surface area contributed by atoms with Crippen LogP contribution in [0.25, 0.3) is 0 Å². The van der Waals surface area contributed by atoms with Crippen LogP contribution < -0.4 is 4.90 Å². The van der Waals surface area contributed by atoms with E-state index in [-0.39, 0.29) is 6.54 Å². The Morgan fingerprint density at radius 1 is 1.33 bits per heavy atom. The molecule has 1 N–H and O–H groups in total. The molecule has 0 heterocycles. The molecule has 5 heteroatoms. The lowest BCUT2D eigenvalue weighted by molar-refractivity contribution is -0.135. The van der Waals surface area contributed by atoms with E-state index >= 15 is 0 Å². The quantitative estimate of drug-likeness (QED) is 0.771. The average molecular weight is 267 g/mol. The maximum atomic E-state index is 10.8. The van der Waals surface area contributed by atoms with Crippen LogP contribution in [0.1, 0.15) is 19.3 Å². The van der Waals surface area contributed by atoms with Crippen molar-refractivity contribution >= 4 is 23.3 Å². The van der Waals surface area contributed by atoms with E-state index in [9.17, 15) is 4.79 Å². The van der Waals surface area contributed by atoms with Crippen LogP contribution in [0, 0.1) is 11.3 Å². The van der Waals surface area contributed by atoms with Crippen molar-refractivity contribution in [3.05, 3.63) is 29.3 Å². The number of hydrogen-bond donors (Lipinski definition) is 1. The van der Waals surface area contributed by atoms with Gasteiger partial charge in [-0.1, -0.05) is 11.6 Å². The molecule has 0 aliphatic carbocycles. The first kappa shape index (κ1) is 14.3. The first-order valence-electron chi connectivity index (χ1n) is 5.72. The van der Waals surface area contributed by atoms with Gasteiger partial charge in [-0.15, -0.1) is 0 Å². The topological polar surface area (TPSA) is 64.3 Å². The summed E-state index contributed by atoms with van der Waals surface area (Å²) in [5.74, 6) is -0.870. The van der Waals surface area contributed by atoms with Crippen LogP contribution in [-0.4, -0.2) is 24.2 Å². The standard InChI is InChI=1S/C13H15ClN2O2/c14-11-4-6-12(7-5-11)16(10-13(17)18)9-3-1-2-8-15/h4-7H,1-3,9-10H2,(H,17,18). The molecule has 1 aromatic rings. The minimum atomic E-state index is -0.870. The Kier molecular flexibility index (Phi) is 6.03. The number of hydrogen-bond acceptors (Lipinski definition) is 3. The van der Waals surface area contributed by atoms with Crippen LogP contribution in [-0.2, 0) is 4.79 Å². The van der Waals surface area contributed by atoms with Gasteiger partial charge in [0.05, 0.1) is 6.07 Å². The number of aliphatic carboxylic acids is 1. The zero-order valence-corrected chi connectivity index (χ0v) is 10.7. The lowest BCUT2D eigenvalue weighted by Gasteiger charge is -2.22. The predicted molar refractivity (Wildman–Crippen MR) is 70.8 cm³/mol. The summed E-state index contributed by atoms with van der Waals surface area (Å²) in [4.78, 5) is 12.6. The summed E-state index contributed by atoms with van der Waals surface area (Å²) < 4.78 is 0. The predicted octanol–water partition coefficient (Wildman–Crippen LogP) is 2.92. The van der Waals surface area contributed by atoms with Crippen molar-refractivity contribution in [2.75, 3.05) is 18.0 Å². The van der Waals surface area contributed by atoms with Crippen molar-refractivity contribution in [1.29, 1.82) is 5.26 Å². The number of carboxylic acid groups (broad SMARTS) is 1. The fourth-order valence-electron chi connectivity index (χ4n) is 1.62. The number of anilines is 1. The van der Waals surface area contributed by atoms with E-state index < -0.39 is 5.97 Å². The highest BCUT2D eigenvalue weighted by Crippen LogP contribution is 2.18. The second-order valence-electron chi connectivity index (χ2n) is 3.91. The summed E-state index contributed by atoms with van der Waals surface area (Å²) in [6.07, 6.45) is 2.07. The Morgan fingerprint density at radius 2 is 2.00 bits per heavy atom. The minimum Gasteiger partial charge on any atom is -0.480 e. The van der Waals surface area contributed by atoms with Gasteiger partial charge in [0.15, 0.2) is 0 Å². The van der Waals surface area contributed by atoms with Gasteiger partial charge in [-0.2, -0.15) is 5.26 Å². The van der Waals surface area contributed by atoms with Gasteiger partial charge in [-0.05, 0) is 37.1 Å². The van der Waals surface area contributed by atoms with Crippen LogP contribution in [0.3, 0.4) is 0 Å². The number of nitrogens with zero attached hydrogens (tertiary/aromatic N) is 2. The summed E-state index contributed by atoms with van der Waals surface area (Å²) in [6, 6.07) is 9.15. The molecule has 0 aliphatic heterocycles. The Morgan fingerprint density at radius 3 is 2.56 bits per heavy atom. The highest BCUT2D eigenvalue weighted by atomic mass is 35.5. The van der Waals surface area contributed by atoms with Crippen molar-refractivity contribution < 1.29 is 9.90 Å². The molecule has 0 spiro atoms. The Balaban J connectivity index is 2.63. The molecule has 0 bridgehead atoms. The van der Waals surface area contributed by atoms with Gasteiger partial charge in [-0.3, -0.25) is 4.79 Å². The first-order valence-corrected chi connectivity index (χ1v) is 6.10. The second kappa shape index (κ2) is 7.57. The van der Waals surface area contributed by atoms with E-state index in [4.69, 9.17) is 22.0 Å². The third-order valence-corrected chi connectivity index (χ3v) is 2.74. The number of benzene rings is 1. The van der Waals surface area contributed by atoms with E-state index in [0.29, 0.717) is 18.0 Å². The minimum absolute atomic E-state index is 0.0474. The van der Waals surface area contributed by atoms with E-state index in [1.807, 2.05) is 0 Å². The lowest BCUT2D eigenvalue weighted by atomic mass is 10.2. The molecule has 1 aromatic carbocycles. The van der Waals surface area contributed by atoms with Gasteiger partial charge < -0.3 is 10.0 Å². The number of carbonyl (C=O) groups is 1. The molecule has 0 aliphatic rings. The number of halogens is 1. The van der Waals surface area contributed by atoms with Crippen LogP contribution in [0.2, 0.25) is 5.02 Å². The molecule has 0 saturated carbocycles. The molecule has 0 aromatic heterocycles. The largest absolute Gasteiger partial charge is 0.480 e. The zero-order valence-electron chi connectivity index (χ0n) is 9.97. The second-order valence-corrected chi connectivity index (χ2v) is 4.34. The number of rotatable bonds is 7. The van der Waals surface area contributed by atoms with Gasteiger partial charge in [0, 0.05) is 23.7 Å². The van der Waals surface area contributed by atoms with Crippen molar-refractivity contribution in [3.63, 3.8) is 0 Å². The summed E-state index contributed by atoms with van der Waals surface area (Å²) >= 11 is 5.80. The van der Waals surface area contributed by atoms with Crippen LogP contribution in [0.4, 0.5) is 5.69 Å². The molecule has 1 rings (SSSR count). The Labute approximate surface area is 111 Å². The van der Waals surface area contributed by atoms with Gasteiger partial charge >= 0.3 is 5.97 Å². The SMILES string of the molecule is N#CCCCCN(CC(=O)O)c1ccc(Cl)cc1. The molecular weight excluding hydrogens is 252 g/mol.